The molecule has 138 valence electrons. The van der Waals surface area contributed by atoms with Crippen molar-refractivity contribution in [2.45, 2.75) is 23.3 Å². The van der Waals surface area contributed by atoms with Crippen molar-refractivity contribution in [3.63, 3.8) is 0 Å². The summed E-state index contributed by atoms with van der Waals surface area (Å²) >= 11 is 0. The monoisotopic (exact) mass is 375 g/mol. The molecular formula is C19H21NO5S. The Balaban J connectivity index is 1.58. The highest BCUT2D eigenvalue weighted by atomic mass is 32.2. The molecule has 1 heterocycles. The summed E-state index contributed by atoms with van der Waals surface area (Å²) in [5, 5.41) is 13.5. The van der Waals surface area contributed by atoms with Crippen LogP contribution in [0.1, 0.15) is 18.4 Å². The summed E-state index contributed by atoms with van der Waals surface area (Å²) in [6.45, 7) is 0.364. The predicted molar refractivity (Wildman–Crippen MR) is 96.6 cm³/mol. The summed E-state index contributed by atoms with van der Waals surface area (Å²) in [6, 6.07) is 15.2. The zero-order chi connectivity index (χ0) is 18.6. The first-order valence-corrected chi connectivity index (χ1v) is 10.1. The third-order valence-corrected chi connectivity index (χ3v) is 6.17. The van der Waals surface area contributed by atoms with Crippen LogP contribution in [0.15, 0.2) is 59.5 Å². The first-order chi connectivity index (χ1) is 12.4. The van der Waals surface area contributed by atoms with Crippen LogP contribution in [0.25, 0.3) is 0 Å². The van der Waals surface area contributed by atoms with E-state index in [0.717, 1.165) is 0 Å². The Labute approximate surface area is 152 Å². The number of aliphatic hydroxyl groups is 1. The van der Waals surface area contributed by atoms with Crippen LogP contribution in [0, 0.1) is 0 Å². The number of sulfone groups is 1. The molecule has 1 amide bonds. The smallest absolute Gasteiger partial charge is 0.221 e. The lowest BCUT2D eigenvalue weighted by Gasteiger charge is -2.34. The van der Waals surface area contributed by atoms with E-state index in [1.165, 1.54) is 12.1 Å². The van der Waals surface area contributed by atoms with Crippen LogP contribution in [0.5, 0.6) is 5.75 Å². The molecule has 3 rings (SSSR count). The Hall–Kier alpha value is -2.38. The van der Waals surface area contributed by atoms with Gasteiger partial charge in [-0.05, 0) is 18.2 Å². The largest absolute Gasteiger partial charge is 0.493 e. The summed E-state index contributed by atoms with van der Waals surface area (Å²) in [6.07, 6.45) is 0.193. The Morgan fingerprint density at radius 2 is 1.81 bits per heavy atom. The highest BCUT2D eigenvalue weighted by Crippen LogP contribution is 2.36. The van der Waals surface area contributed by atoms with E-state index < -0.39 is 21.3 Å². The number of carbonyl (C=O) groups is 1. The Bertz CT molecular complexity index is 882. The number of ether oxygens (including phenoxy) is 1. The number of nitrogens with one attached hydrogen (secondary N) is 1. The summed E-state index contributed by atoms with van der Waals surface area (Å²) in [7, 11) is -3.51. The fourth-order valence-corrected chi connectivity index (χ4v) is 4.19. The van der Waals surface area contributed by atoms with E-state index in [4.69, 9.17) is 4.74 Å². The lowest BCUT2D eigenvalue weighted by atomic mass is 9.88. The molecule has 0 radical (unpaired) electrons. The van der Waals surface area contributed by atoms with Gasteiger partial charge in [0.2, 0.25) is 5.91 Å². The van der Waals surface area contributed by atoms with Crippen molar-refractivity contribution in [3.05, 3.63) is 60.2 Å². The van der Waals surface area contributed by atoms with Crippen molar-refractivity contribution in [1.29, 1.82) is 0 Å². The topological polar surface area (TPSA) is 92.7 Å². The normalized spacial score (nSPS) is 19.3. The van der Waals surface area contributed by atoms with Gasteiger partial charge >= 0.3 is 0 Å². The van der Waals surface area contributed by atoms with Gasteiger partial charge in [0.1, 0.15) is 11.4 Å². The summed E-state index contributed by atoms with van der Waals surface area (Å²) in [5.74, 6) is -0.0925. The first-order valence-electron chi connectivity index (χ1n) is 8.40. The average molecular weight is 375 g/mol. The van der Waals surface area contributed by atoms with Crippen molar-refractivity contribution in [2.75, 3.05) is 18.9 Å². The predicted octanol–water partition coefficient (Wildman–Crippen LogP) is 1.64. The Morgan fingerprint density at radius 1 is 1.12 bits per heavy atom. The van der Waals surface area contributed by atoms with Gasteiger partial charge in [-0.3, -0.25) is 4.79 Å². The molecular weight excluding hydrogens is 354 g/mol. The number of hydrogen-bond donors (Lipinski definition) is 2. The first kappa shape index (κ1) is 18.4. The number of carbonyl (C=O) groups excluding carboxylic acids is 1. The summed E-state index contributed by atoms with van der Waals surface area (Å²) < 4.78 is 30.0. The van der Waals surface area contributed by atoms with E-state index in [9.17, 15) is 18.3 Å². The Kier molecular flexibility index (Phi) is 5.29. The van der Waals surface area contributed by atoms with Gasteiger partial charge in [-0.2, -0.15) is 0 Å². The maximum Gasteiger partial charge on any atom is 0.221 e. The second-order valence-corrected chi connectivity index (χ2v) is 8.39. The number of para-hydroxylation sites is 1. The van der Waals surface area contributed by atoms with Gasteiger partial charge in [0.05, 0.1) is 23.8 Å². The van der Waals surface area contributed by atoms with Gasteiger partial charge in [0.15, 0.2) is 9.84 Å². The van der Waals surface area contributed by atoms with Crippen molar-refractivity contribution in [3.8, 4) is 5.75 Å². The van der Waals surface area contributed by atoms with Crippen LogP contribution in [-0.4, -0.2) is 38.3 Å². The lowest BCUT2D eigenvalue weighted by Crippen LogP contribution is -2.44. The van der Waals surface area contributed by atoms with Gasteiger partial charge in [-0.15, -0.1) is 0 Å². The highest BCUT2D eigenvalue weighted by molar-refractivity contribution is 7.91. The lowest BCUT2D eigenvalue weighted by molar-refractivity contribution is -0.122. The van der Waals surface area contributed by atoms with Gasteiger partial charge in [0, 0.05) is 18.4 Å². The molecule has 0 bridgehead atoms. The molecule has 1 aliphatic rings. The van der Waals surface area contributed by atoms with Gasteiger partial charge < -0.3 is 15.2 Å². The van der Waals surface area contributed by atoms with Crippen molar-refractivity contribution in [2.24, 2.45) is 0 Å². The molecule has 0 spiro atoms. The molecule has 2 N–H and O–H groups in total. The van der Waals surface area contributed by atoms with Gasteiger partial charge in [0.25, 0.3) is 0 Å². The fourth-order valence-electron chi connectivity index (χ4n) is 2.93. The van der Waals surface area contributed by atoms with E-state index >= 15 is 0 Å². The highest BCUT2D eigenvalue weighted by Gasteiger charge is 2.35. The molecule has 2 aromatic carbocycles. The molecule has 0 saturated heterocycles. The molecule has 1 atom stereocenters. The number of benzene rings is 2. The third kappa shape index (κ3) is 4.05. The number of rotatable bonds is 6. The standard InChI is InChI=1S/C19H21NO5S/c21-18(10-13-26(23,24)15-6-2-1-3-7-15)20-14-19(22)11-12-25-17-9-5-4-8-16(17)19/h1-9,22H,10-14H2,(H,20,21). The van der Waals surface area contributed by atoms with E-state index in [1.54, 1.807) is 36.4 Å². The minimum Gasteiger partial charge on any atom is -0.493 e. The molecule has 0 saturated carbocycles. The van der Waals surface area contributed by atoms with Crippen LogP contribution < -0.4 is 10.1 Å². The molecule has 0 aliphatic carbocycles. The van der Waals surface area contributed by atoms with Crippen LogP contribution >= 0.6 is 0 Å². The maximum absolute atomic E-state index is 12.2. The number of amides is 1. The van der Waals surface area contributed by atoms with Crippen LogP contribution in [0.4, 0.5) is 0 Å². The second-order valence-electron chi connectivity index (χ2n) is 6.28. The van der Waals surface area contributed by atoms with E-state index in [0.29, 0.717) is 24.3 Å². The number of hydrogen-bond acceptors (Lipinski definition) is 5. The van der Waals surface area contributed by atoms with Gasteiger partial charge in [-0.25, -0.2) is 8.42 Å². The van der Waals surface area contributed by atoms with Crippen LogP contribution in [0.3, 0.4) is 0 Å². The molecule has 0 aromatic heterocycles. The quantitative estimate of drug-likeness (QED) is 0.801. The zero-order valence-corrected chi connectivity index (χ0v) is 15.0. The minimum absolute atomic E-state index is 0.0115. The maximum atomic E-state index is 12.2. The van der Waals surface area contributed by atoms with Crippen LogP contribution in [-0.2, 0) is 20.2 Å². The fraction of sp³-hybridized carbons (Fsp3) is 0.316. The molecule has 0 fully saturated rings. The van der Waals surface area contributed by atoms with E-state index in [-0.39, 0.29) is 23.6 Å². The average Bonchev–Trinajstić information content (AvgIpc) is 2.66. The minimum atomic E-state index is -3.51. The molecule has 6 nitrogen and oxygen atoms in total. The molecule has 26 heavy (non-hydrogen) atoms. The molecule has 1 unspecified atom stereocenters. The third-order valence-electron chi connectivity index (χ3n) is 4.44. The molecule has 1 aliphatic heterocycles. The Morgan fingerprint density at radius 3 is 2.58 bits per heavy atom. The van der Waals surface area contributed by atoms with E-state index in [1.807, 2.05) is 6.07 Å². The zero-order valence-electron chi connectivity index (χ0n) is 14.2. The van der Waals surface area contributed by atoms with E-state index in [2.05, 4.69) is 5.32 Å². The summed E-state index contributed by atoms with van der Waals surface area (Å²) in [4.78, 5) is 12.3. The SMILES string of the molecule is O=C(CCS(=O)(=O)c1ccccc1)NCC1(O)CCOc2ccccc21. The van der Waals surface area contributed by atoms with Crippen LogP contribution in [0.2, 0.25) is 0 Å². The molecule has 2 aromatic rings. The van der Waals surface area contributed by atoms with Crippen molar-refractivity contribution < 1.29 is 23.1 Å². The summed E-state index contributed by atoms with van der Waals surface area (Å²) in [5.41, 5.74) is -0.591. The van der Waals surface area contributed by atoms with Crippen molar-refractivity contribution >= 4 is 15.7 Å². The molecule has 7 heteroatoms. The van der Waals surface area contributed by atoms with Crippen molar-refractivity contribution in [1.82, 2.24) is 5.32 Å². The number of fused-ring (bicyclic) bond motifs is 1. The second kappa shape index (κ2) is 7.47. The van der Waals surface area contributed by atoms with Gasteiger partial charge in [-0.1, -0.05) is 36.4 Å².